The summed E-state index contributed by atoms with van der Waals surface area (Å²) in [4.78, 5) is 0.179. The Kier molecular flexibility index (Phi) is 4.52. The van der Waals surface area contributed by atoms with Crippen LogP contribution in [0, 0.1) is 12.8 Å². The first-order valence-electron chi connectivity index (χ1n) is 6.67. The first-order valence-corrected chi connectivity index (χ1v) is 8.15. The molecule has 1 aromatic heterocycles. The van der Waals surface area contributed by atoms with Gasteiger partial charge >= 0.3 is 0 Å². The molecule has 21 heavy (non-hydrogen) atoms. The summed E-state index contributed by atoms with van der Waals surface area (Å²) in [6.07, 6.45) is 0. The zero-order chi connectivity index (χ0) is 15.5. The maximum atomic E-state index is 12.2. The van der Waals surface area contributed by atoms with Gasteiger partial charge in [0.1, 0.15) is 5.76 Å². The van der Waals surface area contributed by atoms with Crippen LogP contribution in [-0.2, 0) is 10.0 Å². The van der Waals surface area contributed by atoms with Crippen molar-refractivity contribution in [1.29, 1.82) is 0 Å². The Morgan fingerprint density at radius 1 is 1.24 bits per heavy atom. The first kappa shape index (κ1) is 15.4. The van der Waals surface area contributed by atoms with E-state index in [4.69, 9.17) is 4.52 Å². The highest BCUT2D eigenvalue weighted by Crippen LogP contribution is 2.18. The van der Waals surface area contributed by atoms with E-state index in [1.807, 2.05) is 0 Å². The van der Waals surface area contributed by atoms with E-state index in [1.54, 1.807) is 31.2 Å². The number of aryl methyl sites for hydroxylation is 1. The van der Waals surface area contributed by atoms with Crippen LogP contribution in [0.3, 0.4) is 0 Å². The van der Waals surface area contributed by atoms with Gasteiger partial charge in [0.2, 0.25) is 0 Å². The number of sulfonamides is 1. The molecule has 2 rings (SSSR count). The third-order valence-electron chi connectivity index (χ3n) is 2.75. The molecule has 0 saturated heterocycles. The maximum absolute atomic E-state index is 12.2. The summed E-state index contributed by atoms with van der Waals surface area (Å²) < 4.78 is 31.6. The number of hydrogen-bond donors (Lipinski definition) is 2. The molecule has 0 aliphatic rings. The maximum Gasteiger partial charge on any atom is 0.263 e. The number of aromatic nitrogens is 1. The Balaban J connectivity index is 2.09. The molecule has 0 saturated carbocycles. The minimum atomic E-state index is -3.65. The van der Waals surface area contributed by atoms with Crippen LogP contribution < -0.4 is 10.0 Å². The van der Waals surface area contributed by atoms with Crippen molar-refractivity contribution in [3.63, 3.8) is 0 Å². The topological polar surface area (TPSA) is 84.2 Å². The summed E-state index contributed by atoms with van der Waals surface area (Å²) in [5, 5.41) is 6.85. The van der Waals surface area contributed by atoms with Crippen LogP contribution in [0.25, 0.3) is 0 Å². The molecule has 114 valence electrons. The predicted octanol–water partition coefficient (Wildman–Crippen LogP) is 2.85. The molecule has 6 nitrogen and oxygen atoms in total. The molecule has 0 spiro atoms. The van der Waals surface area contributed by atoms with Gasteiger partial charge in [-0.25, -0.2) is 8.42 Å². The molecule has 0 amide bonds. The highest BCUT2D eigenvalue weighted by atomic mass is 32.2. The molecule has 2 N–H and O–H groups in total. The lowest BCUT2D eigenvalue weighted by Gasteiger charge is -2.10. The fourth-order valence-electron chi connectivity index (χ4n) is 1.69. The fourth-order valence-corrected chi connectivity index (χ4v) is 2.67. The fraction of sp³-hybridized carbons (Fsp3) is 0.357. The minimum Gasteiger partial charge on any atom is -0.385 e. The number of anilines is 2. The SMILES string of the molecule is Cc1cc(NS(=O)(=O)c2ccc(NCC(C)C)cc2)no1. The van der Waals surface area contributed by atoms with Crippen LogP contribution in [0.15, 0.2) is 39.8 Å². The van der Waals surface area contributed by atoms with Crippen molar-refractivity contribution < 1.29 is 12.9 Å². The lowest BCUT2D eigenvalue weighted by atomic mass is 10.2. The highest BCUT2D eigenvalue weighted by molar-refractivity contribution is 7.92. The Labute approximate surface area is 124 Å². The number of benzene rings is 1. The van der Waals surface area contributed by atoms with E-state index in [-0.39, 0.29) is 10.7 Å². The molecule has 1 aromatic carbocycles. The van der Waals surface area contributed by atoms with E-state index in [0.717, 1.165) is 12.2 Å². The molecule has 2 aromatic rings. The van der Waals surface area contributed by atoms with Crippen LogP contribution in [-0.4, -0.2) is 20.1 Å². The normalized spacial score (nSPS) is 11.6. The minimum absolute atomic E-state index is 0.175. The second-order valence-corrected chi connectivity index (χ2v) is 6.91. The van der Waals surface area contributed by atoms with Gasteiger partial charge in [-0.1, -0.05) is 19.0 Å². The number of nitrogens with zero attached hydrogens (tertiary/aromatic N) is 1. The van der Waals surface area contributed by atoms with E-state index in [9.17, 15) is 8.42 Å². The summed E-state index contributed by atoms with van der Waals surface area (Å²) in [7, 11) is -3.65. The van der Waals surface area contributed by atoms with Gasteiger partial charge < -0.3 is 9.84 Å². The zero-order valence-electron chi connectivity index (χ0n) is 12.3. The predicted molar refractivity (Wildman–Crippen MR) is 81.8 cm³/mol. The van der Waals surface area contributed by atoms with Gasteiger partial charge in [0.15, 0.2) is 5.82 Å². The van der Waals surface area contributed by atoms with Crippen LogP contribution >= 0.6 is 0 Å². The molecule has 0 radical (unpaired) electrons. The lowest BCUT2D eigenvalue weighted by molar-refractivity contribution is 0.400. The van der Waals surface area contributed by atoms with Crippen molar-refractivity contribution in [2.75, 3.05) is 16.6 Å². The van der Waals surface area contributed by atoms with Gasteiger partial charge in [-0.05, 0) is 37.1 Å². The Hall–Kier alpha value is -2.02. The monoisotopic (exact) mass is 309 g/mol. The van der Waals surface area contributed by atoms with Gasteiger partial charge in [-0.15, -0.1) is 0 Å². The van der Waals surface area contributed by atoms with E-state index in [2.05, 4.69) is 29.0 Å². The first-order chi connectivity index (χ1) is 9.87. The second kappa shape index (κ2) is 6.17. The smallest absolute Gasteiger partial charge is 0.263 e. The number of rotatable bonds is 6. The van der Waals surface area contributed by atoms with Crippen molar-refractivity contribution in [2.45, 2.75) is 25.7 Å². The average Bonchev–Trinajstić information content (AvgIpc) is 2.81. The van der Waals surface area contributed by atoms with Crippen LogP contribution in [0.5, 0.6) is 0 Å². The standard InChI is InChI=1S/C14H19N3O3S/c1-10(2)9-15-12-4-6-13(7-5-12)21(18,19)17-14-8-11(3)20-16-14/h4-8,10,15H,9H2,1-3H3,(H,16,17). The quantitative estimate of drug-likeness (QED) is 0.857. The molecule has 0 aliphatic heterocycles. The van der Waals surface area contributed by atoms with Gasteiger partial charge in [-0.2, -0.15) is 0 Å². The second-order valence-electron chi connectivity index (χ2n) is 5.23. The molecule has 7 heteroatoms. The number of hydrogen-bond acceptors (Lipinski definition) is 5. The van der Waals surface area contributed by atoms with Gasteiger partial charge in [0.25, 0.3) is 10.0 Å². The molecule has 0 unspecified atom stereocenters. The van der Waals surface area contributed by atoms with Crippen LogP contribution in [0.4, 0.5) is 11.5 Å². The third-order valence-corrected chi connectivity index (χ3v) is 4.12. The third kappa shape index (κ3) is 4.22. The van der Waals surface area contributed by atoms with E-state index < -0.39 is 10.0 Å². The summed E-state index contributed by atoms with van der Waals surface area (Å²) in [6, 6.07) is 8.11. The van der Waals surface area contributed by atoms with Crippen LogP contribution in [0.1, 0.15) is 19.6 Å². The molecule has 0 aliphatic carbocycles. The summed E-state index contributed by atoms with van der Waals surface area (Å²) in [6.45, 7) is 6.74. The van der Waals surface area contributed by atoms with Crippen LogP contribution in [0.2, 0.25) is 0 Å². The van der Waals surface area contributed by atoms with Crippen molar-refractivity contribution in [3.8, 4) is 0 Å². The highest BCUT2D eigenvalue weighted by Gasteiger charge is 2.16. The Bertz CT molecular complexity index is 691. The van der Waals surface area contributed by atoms with E-state index in [0.29, 0.717) is 11.7 Å². The van der Waals surface area contributed by atoms with Crippen molar-refractivity contribution in [2.24, 2.45) is 5.92 Å². The van der Waals surface area contributed by atoms with Crippen molar-refractivity contribution in [1.82, 2.24) is 5.16 Å². The summed E-state index contributed by atoms with van der Waals surface area (Å²) in [5.41, 5.74) is 0.889. The molecule has 0 bridgehead atoms. The average molecular weight is 309 g/mol. The number of nitrogens with one attached hydrogen (secondary N) is 2. The van der Waals surface area contributed by atoms with E-state index >= 15 is 0 Å². The van der Waals surface area contributed by atoms with Gasteiger partial charge in [-0.3, -0.25) is 4.72 Å². The molecule has 0 fully saturated rings. The molecular formula is C14H19N3O3S. The van der Waals surface area contributed by atoms with Gasteiger partial charge in [0, 0.05) is 18.3 Å². The lowest BCUT2D eigenvalue weighted by Crippen LogP contribution is -2.13. The van der Waals surface area contributed by atoms with Gasteiger partial charge in [0.05, 0.1) is 4.90 Å². The summed E-state index contributed by atoms with van der Waals surface area (Å²) >= 11 is 0. The van der Waals surface area contributed by atoms with Crippen molar-refractivity contribution in [3.05, 3.63) is 36.1 Å². The molecular weight excluding hydrogens is 290 g/mol. The van der Waals surface area contributed by atoms with Crippen molar-refractivity contribution >= 4 is 21.5 Å². The molecule has 1 heterocycles. The zero-order valence-corrected chi connectivity index (χ0v) is 13.1. The largest absolute Gasteiger partial charge is 0.385 e. The summed E-state index contributed by atoms with van der Waals surface area (Å²) in [5.74, 6) is 1.24. The Morgan fingerprint density at radius 2 is 1.90 bits per heavy atom. The Morgan fingerprint density at radius 3 is 2.43 bits per heavy atom. The molecule has 0 atom stereocenters. The van der Waals surface area contributed by atoms with E-state index in [1.165, 1.54) is 6.07 Å².